The summed E-state index contributed by atoms with van der Waals surface area (Å²) in [5, 5.41) is 4.18. The maximum absolute atomic E-state index is 12.8. The largest absolute Gasteiger partial charge is 0.381 e. The second kappa shape index (κ2) is 7.16. The summed E-state index contributed by atoms with van der Waals surface area (Å²) in [5.41, 5.74) is 5.12. The van der Waals surface area contributed by atoms with E-state index in [-0.39, 0.29) is 11.6 Å². The average Bonchev–Trinajstić information content (AvgIpc) is 3.16. The summed E-state index contributed by atoms with van der Waals surface area (Å²) in [4.78, 5) is 22.1. The van der Waals surface area contributed by atoms with Crippen LogP contribution in [0.3, 0.4) is 0 Å². The maximum Gasteiger partial charge on any atom is 0.252 e. The summed E-state index contributed by atoms with van der Waals surface area (Å²) in [6, 6.07) is 5.69. The number of hydrogen-bond donors (Lipinski definition) is 1. The van der Waals surface area contributed by atoms with Crippen molar-refractivity contribution in [3.8, 4) is 0 Å². The van der Waals surface area contributed by atoms with E-state index in [1.807, 2.05) is 26.0 Å². The molecule has 8 nitrogen and oxygen atoms in total. The van der Waals surface area contributed by atoms with E-state index >= 15 is 0 Å². The number of aromatic nitrogens is 5. The van der Waals surface area contributed by atoms with Gasteiger partial charge in [0.05, 0.1) is 11.7 Å². The Morgan fingerprint density at radius 2 is 1.86 bits per heavy atom. The lowest BCUT2D eigenvalue weighted by molar-refractivity contribution is 0.0697. The molecular weight excluding hydrogens is 388 g/mol. The van der Waals surface area contributed by atoms with Crippen LogP contribution in [0.5, 0.6) is 0 Å². The average molecular weight is 408 g/mol. The van der Waals surface area contributed by atoms with Crippen LogP contribution in [0.15, 0.2) is 29.2 Å². The maximum atomic E-state index is 12.8. The molecule has 0 radical (unpaired) electrons. The summed E-state index contributed by atoms with van der Waals surface area (Å²) in [5.74, 6) is 0.453. The van der Waals surface area contributed by atoms with E-state index in [0.717, 1.165) is 46.1 Å². The van der Waals surface area contributed by atoms with Gasteiger partial charge in [0, 0.05) is 42.6 Å². The molecule has 1 aliphatic rings. The zero-order chi connectivity index (χ0) is 20.0. The summed E-state index contributed by atoms with van der Waals surface area (Å²) in [6.07, 6.45) is 3.39. The van der Waals surface area contributed by atoms with Crippen LogP contribution >= 0.6 is 11.7 Å². The fraction of sp³-hybridized carbons (Fsp3) is 0.350. The van der Waals surface area contributed by atoms with Crippen LogP contribution < -0.4 is 10.9 Å². The number of hydrogen-bond acceptors (Lipinski definition) is 8. The Hall–Kier alpha value is -2.91. The zero-order valence-electron chi connectivity index (χ0n) is 16.2. The standard InChI is InChI=1S/C20H20N6O2S/c1-11-8-18(27)26(13-3-5-28-6-4-13)19-14(11)10-21-20(23-19)22-15-9-17-16(7-12(15)2)24-29-25-17/h7-10,13H,3-6H2,1-2H3,(H,21,22,23). The van der Waals surface area contributed by atoms with E-state index in [0.29, 0.717) is 24.8 Å². The quantitative estimate of drug-likeness (QED) is 0.554. The van der Waals surface area contributed by atoms with Crippen molar-refractivity contribution in [3.05, 3.63) is 45.9 Å². The molecule has 4 aromatic rings. The van der Waals surface area contributed by atoms with E-state index < -0.39 is 0 Å². The highest BCUT2D eigenvalue weighted by Gasteiger charge is 2.21. The Kier molecular flexibility index (Phi) is 4.48. The third kappa shape index (κ3) is 3.26. The lowest BCUT2D eigenvalue weighted by atomic mass is 10.1. The molecule has 0 amide bonds. The number of pyridine rings is 1. The molecule has 29 heavy (non-hydrogen) atoms. The van der Waals surface area contributed by atoms with Crippen LogP contribution in [-0.2, 0) is 4.74 Å². The minimum atomic E-state index is -0.0299. The number of benzene rings is 1. The molecule has 0 spiro atoms. The normalized spacial score (nSPS) is 15.2. The lowest BCUT2D eigenvalue weighted by Crippen LogP contribution is -2.30. The molecular formula is C20H20N6O2S. The Morgan fingerprint density at radius 3 is 2.66 bits per heavy atom. The fourth-order valence-corrected chi connectivity index (χ4v) is 4.33. The van der Waals surface area contributed by atoms with E-state index in [9.17, 15) is 4.79 Å². The van der Waals surface area contributed by atoms with Gasteiger partial charge in [-0.05, 0) is 49.9 Å². The zero-order valence-corrected chi connectivity index (χ0v) is 17.0. The molecule has 1 saturated heterocycles. The monoisotopic (exact) mass is 408 g/mol. The van der Waals surface area contributed by atoms with Crippen molar-refractivity contribution < 1.29 is 4.74 Å². The third-order valence-electron chi connectivity index (χ3n) is 5.40. The number of aryl methyl sites for hydroxylation is 2. The number of fused-ring (bicyclic) bond motifs is 2. The van der Waals surface area contributed by atoms with E-state index in [1.165, 1.54) is 11.7 Å². The Morgan fingerprint density at radius 1 is 1.10 bits per heavy atom. The highest BCUT2D eigenvalue weighted by atomic mass is 32.1. The van der Waals surface area contributed by atoms with Gasteiger partial charge in [0.2, 0.25) is 5.95 Å². The van der Waals surface area contributed by atoms with Gasteiger partial charge in [-0.1, -0.05) is 0 Å². The Balaban J connectivity index is 1.61. The first-order valence-electron chi connectivity index (χ1n) is 9.57. The van der Waals surface area contributed by atoms with Gasteiger partial charge >= 0.3 is 0 Å². The molecule has 148 valence electrons. The van der Waals surface area contributed by atoms with E-state index in [1.54, 1.807) is 16.8 Å². The number of rotatable bonds is 3. The smallest absolute Gasteiger partial charge is 0.252 e. The van der Waals surface area contributed by atoms with Crippen molar-refractivity contribution in [2.45, 2.75) is 32.7 Å². The highest BCUT2D eigenvalue weighted by Crippen LogP contribution is 2.27. The van der Waals surface area contributed by atoms with Gasteiger partial charge in [0.15, 0.2) is 0 Å². The fourth-order valence-electron chi connectivity index (χ4n) is 3.82. The molecule has 1 fully saturated rings. The number of ether oxygens (including phenoxy) is 1. The lowest BCUT2D eigenvalue weighted by Gasteiger charge is -2.25. The molecule has 9 heteroatoms. The van der Waals surface area contributed by atoms with Crippen molar-refractivity contribution in [2.75, 3.05) is 18.5 Å². The van der Waals surface area contributed by atoms with Crippen LogP contribution in [0, 0.1) is 13.8 Å². The molecule has 0 bridgehead atoms. The summed E-state index contributed by atoms with van der Waals surface area (Å²) in [6.45, 7) is 5.24. The third-order valence-corrected chi connectivity index (χ3v) is 5.96. The Bertz CT molecular complexity index is 1280. The molecule has 1 aromatic carbocycles. The topological polar surface area (TPSA) is 94.8 Å². The summed E-state index contributed by atoms with van der Waals surface area (Å²) < 4.78 is 15.9. The van der Waals surface area contributed by atoms with Gasteiger partial charge in [0.25, 0.3) is 5.56 Å². The second-order valence-electron chi connectivity index (χ2n) is 7.36. The molecule has 0 aliphatic carbocycles. The summed E-state index contributed by atoms with van der Waals surface area (Å²) >= 11 is 1.19. The van der Waals surface area contributed by atoms with Crippen LogP contribution in [0.2, 0.25) is 0 Å². The SMILES string of the molecule is Cc1cc2nsnc2cc1Nc1ncc2c(C)cc(=O)n(C3CCOCC3)c2n1. The minimum Gasteiger partial charge on any atom is -0.381 e. The molecule has 4 heterocycles. The van der Waals surface area contributed by atoms with Gasteiger partial charge in [0.1, 0.15) is 16.7 Å². The van der Waals surface area contributed by atoms with E-state index in [2.05, 4.69) is 19.0 Å². The molecule has 1 aliphatic heterocycles. The van der Waals surface area contributed by atoms with Gasteiger partial charge < -0.3 is 10.1 Å². The first kappa shape index (κ1) is 18.1. The molecule has 0 atom stereocenters. The van der Waals surface area contributed by atoms with Crippen molar-refractivity contribution in [3.63, 3.8) is 0 Å². The first-order chi connectivity index (χ1) is 14.1. The van der Waals surface area contributed by atoms with Gasteiger partial charge in [-0.15, -0.1) is 0 Å². The van der Waals surface area contributed by atoms with Crippen molar-refractivity contribution in [2.24, 2.45) is 0 Å². The highest BCUT2D eigenvalue weighted by molar-refractivity contribution is 7.00. The van der Waals surface area contributed by atoms with Crippen molar-refractivity contribution >= 4 is 45.4 Å². The van der Waals surface area contributed by atoms with Crippen LogP contribution in [-0.4, -0.2) is 36.5 Å². The first-order valence-corrected chi connectivity index (χ1v) is 10.3. The van der Waals surface area contributed by atoms with Crippen LogP contribution in [0.25, 0.3) is 22.1 Å². The summed E-state index contributed by atoms with van der Waals surface area (Å²) in [7, 11) is 0. The minimum absolute atomic E-state index is 0.0299. The van der Waals surface area contributed by atoms with Crippen molar-refractivity contribution in [1.29, 1.82) is 0 Å². The molecule has 3 aromatic heterocycles. The van der Waals surface area contributed by atoms with Gasteiger partial charge in [-0.2, -0.15) is 13.7 Å². The number of nitrogens with one attached hydrogen (secondary N) is 1. The predicted octanol–water partition coefficient (Wildman–Crippen LogP) is 3.51. The van der Waals surface area contributed by atoms with E-state index in [4.69, 9.17) is 9.72 Å². The molecule has 5 rings (SSSR count). The number of anilines is 2. The molecule has 0 saturated carbocycles. The van der Waals surface area contributed by atoms with Gasteiger partial charge in [-0.3, -0.25) is 9.36 Å². The van der Waals surface area contributed by atoms with Crippen molar-refractivity contribution in [1.82, 2.24) is 23.3 Å². The molecule has 0 unspecified atom stereocenters. The number of nitrogens with zero attached hydrogens (tertiary/aromatic N) is 5. The molecule has 1 N–H and O–H groups in total. The second-order valence-corrected chi connectivity index (χ2v) is 7.88. The Labute approximate surface area is 170 Å². The van der Waals surface area contributed by atoms with Gasteiger partial charge in [-0.25, -0.2) is 4.98 Å². The predicted molar refractivity (Wildman–Crippen MR) is 113 cm³/mol. The van der Waals surface area contributed by atoms with Crippen LogP contribution in [0.1, 0.15) is 30.0 Å². The van der Waals surface area contributed by atoms with Crippen LogP contribution in [0.4, 0.5) is 11.6 Å².